The van der Waals surface area contributed by atoms with E-state index in [9.17, 15) is 35.1 Å². The molecule has 1 aromatic carbocycles. The number of alkyl halides is 8. The van der Waals surface area contributed by atoms with Crippen molar-refractivity contribution in [3.63, 3.8) is 0 Å². The van der Waals surface area contributed by atoms with E-state index < -0.39 is 36.2 Å². The Morgan fingerprint density at radius 3 is 1.37 bits per heavy atom. The van der Waals surface area contributed by atoms with Crippen LogP contribution < -0.4 is 0 Å². The average molecular weight is 292 g/mol. The molecule has 108 valence electrons. The lowest BCUT2D eigenvalue weighted by Gasteiger charge is -2.27. The first kappa shape index (κ1) is 15.7. The van der Waals surface area contributed by atoms with Crippen LogP contribution in [0.2, 0.25) is 0 Å². The minimum absolute atomic E-state index is 0.697. The van der Waals surface area contributed by atoms with Crippen LogP contribution in [0.3, 0.4) is 0 Å². The highest BCUT2D eigenvalue weighted by molar-refractivity contribution is 5.23. The molecule has 8 heteroatoms. The fraction of sp³-hybridized carbons (Fsp3) is 0.455. The number of halogens is 8. The normalized spacial score (nSPS) is 17.9. The molecule has 0 aliphatic heterocycles. The van der Waals surface area contributed by atoms with Crippen molar-refractivity contribution >= 4 is 0 Å². The van der Waals surface area contributed by atoms with Crippen LogP contribution in [0.25, 0.3) is 0 Å². The number of rotatable bonds is 3. The van der Waals surface area contributed by atoms with E-state index >= 15 is 0 Å². The molecule has 0 fully saturated rings. The van der Waals surface area contributed by atoms with Crippen LogP contribution in [-0.2, 0) is 0 Å². The summed E-state index contributed by atoms with van der Waals surface area (Å²) in [4.78, 5) is 0. The maximum atomic E-state index is 13.2. The fourth-order valence-corrected chi connectivity index (χ4v) is 1.57. The van der Waals surface area contributed by atoms with Crippen molar-refractivity contribution in [2.24, 2.45) is 0 Å². The van der Waals surface area contributed by atoms with Crippen LogP contribution in [0.4, 0.5) is 35.1 Å². The van der Waals surface area contributed by atoms with Gasteiger partial charge in [-0.25, -0.2) is 8.78 Å². The van der Waals surface area contributed by atoms with Gasteiger partial charge in [-0.15, -0.1) is 0 Å². The summed E-state index contributed by atoms with van der Waals surface area (Å²) in [6.07, 6.45) is -19.0. The second kappa shape index (κ2) is 5.34. The molecular weight excluding hydrogens is 284 g/mol. The lowest BCUT2D eigenvalue weighted by molar-refractivity contribution is -0.224. The summed E-state index contributed by atoms with van der Waals surface area (Å²) in [7, 11) is 0. The Kier molecular flexibility index (Phi) is 4.42. The lowest BCUT2D eigenvalue weighted by Crippen LogP contribution is -2.41. The second-order valence-electron chi connectivity index (χ2n) is 3.82. The molecule has 0 bridgehead atoms. The lowest BCUT2D eigenvalue weighted by atomic mass is 9.89. The maximum Gasteiger partial charge on any atom is 0.420 e. The molecule has 0 amide bonds. The van der Waals surface area contributed by atoms with Crippen molar-refractivity contribution in [3.8, 4) is 0 Å². The molecule has 1 rings (SSSR count). The Morgan fingerprint density at radius 1 is 0.684 bits per heavy atom. The van der Waals surface area contributed by atoms with E-state index in [1.54, 1.807) is 0 Å². The largest absolute Gasteiger partial charge is 0.420 e. The van der Waals surface area contributed by atoms with Crippen molar-refractivity contribution in [1.82, 2.24) is 0 Å². The van der Waals surface area contributed by atoms with Gasteiger partial charge in [0.05, 0.1) is 5.92 Å². The summed E-state index contributed by atoms with van der Waals surface area (Å²) in [5.41, 5.74) is -0.697. The van der Waals surface area contributed by atoms with Crippen LogP contribution in [0, 0.1) is 0 Å². The Labute approximate surface area is 103 Å². The monoisotopic (exact) mass is 292 g/mol. The number of hydrogen-bond acceptors (Lipinski definition) is 0. The zero-order valence-corrected chi connectivity index (χ0v) is 9.14. The van der Waals surface area contributed by atoms with Gasteiger partial charge < -0.3 is 0 Å². The fourth-order valence-electron chi connectivity index (χ4n) is 1.57. The highest BCUT2D eigenvalue weighted by Crippen LogP contribution is 2.42. The van der Waals surface area contributed by atoms with Crippen LogP contribution >= 0.6 is 0 Å². The van der Waals surface area contributed by atoms with Crippen molar-refractivity contribution in [2.45, 2.75) is 30.6 Å². The van der Waals surface area contributed by atoms with Crippen LogP contribution in [0.5, 0.6) is 0 Å². The van der Waals surface area contributed by atoms with Crippen molar-refractivity contribution in [3.05, 3.63) is 35.9 Å². The topological polar surface area (TPSA) is 0 Å². The molecule has 0 spiro atoms. The van der Waals surface area contributed by atoms with Gasteiger partial charge in [-0.2, -0.15) is 26.3 Å². The molecular formula is C11H8F8. The Morgan fingerprint density at radius 2 is 1.05 bits per heavy atom. The number of benzene rings is 1. The first-order chi connectivity index (χ1) is 8.55. The van der Waals surface area contributed by atoms with Gasteiger partial charge in [0.2, 0.25) is 12.3 Å². The summed E-state index contributed by atoms with van der Waals surface area (Å²) in [5, 5.41) is 0. The van der Waals surface area contributed by atoms with E-state index in [-0.39, 0.29) is 0 Å². The predicted molar refractivity (Wildman–Crippen MR) is 51.1 cm³/mol. The standard InChI is InChI=1S/C11H8F8/c12-8(10(14,15)16)7(9(13)11(17,18)19)6-4-2-1-3-5-6/h1-5,7-9H. The predicted octanol–water partition coefficient (Wildman–Crippen LogP) is 4.57. The average Bonchev–Trinajstić information content (AvgIpc) is 2.28. The molecule has 1 aromatic rings. The van der Waals surface area contributed by atoms with Crippen LogP contribution in [0.15, 0.2) is 30.3 Å². The van der Waals surface area contributed by atoms with Gasteiger partial charge in [-0.3, -0.25) is 0 Å². The zero-order valence-electron chi connectivity index (χ0n) is 9.14. The van der Waals surface area contributed by atoms with Gasteiger partial charge in [-0.1, -0.05) is 30.3 Å². The molecule has 0 aliphatic rings. The molecule has 0 nitrogen and oxygen atoms in total. The molecule has 0 radical (unpaired) electrons. The van der Waals surface area contributed by atoms with Crippen molar-refractivity contribution < 1.29 is 35.1 Å². The second-order valence-corrected chi connectivity index (χ2v) is 3.82. The Balaban J connectivity index is 3.20. The molecule has 0 aliphatic carbocycles. The van der Waals surface area contributed by atoms with E-state index in [2.05, 4.69) is 0 Å². The van der Waals surface area contributed by atoms with Crippen LogP contribution in [0.1, 0.15) is 11.5 Å². The molecule has 19 heavy (non-hydrogen) atoms. The van der Waals surface area contributed by atoms with E-state index in [1.807, 2.05) is 0 Å². The van der Waals surface area contributed by atoms with Gasteiger partial charge >= 0.3 is 12.4 Å². The van der Waals surface area contributed by atoms with Crippen molar-refractivity contribution in [2.75, 3.05) is 0 Å². The molecule has 0 heterocycles. The summed E-state index contributed by atoms with van der Waals surface area (Å²) in [5.74, 6) is -2.97. The molecule has 0 aromatic heterocycles. The Bertz CT molecular complexity index is 373. The quantitative estimate of drug-likeness (QED) is 0.716. The van der Waals surface area contributed by atoms with Gasteiger partial charge in [0, 0.05) is 0 Å². The third-order valence-electron chi connectivity index (χ3n) is 2.44. The third-order valence-corrected chi connectivity index (χ3v) is 2.44. The molecule has 2 atom stereocenters. The highest BCUT2D eigenvalue weighted by Gasteiger charge is 2.56. The van der Waals surface area contributed by atoms with Gasteiger partial charge in [0.15, 0.2) is 0 Å². The third kappa shape index (κ3) is 3.81. The minimum Gasteiger partial charge on any atom is -0.237 e. The van der Waals surface area contributed by atoms with E-state index in [4.69, 9.17) is 0 Å². The Hall–Kier alpha value is -1.34. The number of hydrogen-bond donors (Lipinski definition) is 0. The summed E-state index contributed by atoms with van der Waals surface area (Å²) in [6, 6.07) is 5.16. The van der Waals surface area contributed by atoms with Gasteiger partial charge in [-0.05, 0) is 5.56 Å². The van der Waals surface area contributed by atoms with E-state index in [1.165, 1.54) is 6.07 Å². The van der Waals surface area contributed by atoms with E-state index in [0.717, 1.165) is 24.3 Å². The van der Waals surface area contributed by atoms with Gasteiger partial charge in [0.1, 0.15) is 0 Å². The summed E-state index contributed by atoms with van der Waals surface area (Å²) >= 11 is 0. The molecule has 0 saturated heterocycles. The molecule has 0 N–H and O–H groups in total. The first-order valence-electron chi connectivity index (χ1n) is 5.01. The highest BCUT2D eigenvalue weighted by atomic mass is 19.4. The SMILES string of the molecule is FC(C(c1ccccc1)C(F)C(F)(F)F)C(F)(F)F. The molecule has 2 unspecified atom stereocenters. The smallest absolute Gasteiger partial charge is 0.237 e. The summed E-state index contributed by atoms with van der Waals surface area (Å²) < 4.78 is 99.7. The zero-order chi connectivity index (χ0) is 14.8. The van der Waals surface area contributed by atoms with E-state index in [0.29, 0.717) is 0 Å². The minimum atomic E-state index is -5.57. The van der Waals surface area contributed by atoms with Crippen LogP contribution in [-0.4, -0.2) is 24.7 Å². The maximum absolute atomic E-state index is 13.2. The molecule has 0 saturated carbocycles. The summed E-state index contributed by atoms with van der Waals surface area (Å²) in [6.45, 7) is 0. The van der Waals surface area contributed by atoms with Gasteiger partial charge in [0.25, 0.3) is 0 Å². The first-order valence-corrected chi connectivity index (χ1v) is 5.01. The van der Waals surface area contributed by atoms with Crippen molar-refractivity contribution in [1.29, 1.82) is 0 Å².